The second-order valence-electron chi connectivity index (χ2n) is 8.44. The molecule has 0 bridgehead atoms. The molecule has 2 heterocycles. The Balaban J connectivity index is 1.51. The van der Waals surface area contributed by atoms with Crippen molar-refractivity contribution in [2.75, 3.05) is 5.75 Å². The summed E-state index contributed by atoms with van der Waals surface area (Å²) in [5.41, 5.74) is 0.807. The van der Waals surface area contributed by atoms with Crippen molar-refractivity contribution in [3.63, 3.8) is 0 Å². The number of hydrogen-bond donors (Lipinski definition) is 1. The van der Waals surface area contributed by atoms with E-state index in [9.17, 15) is 9.59 Å². The molecule has 5 rings (SSSR count). The monoisotopic (exact) mass is 425 g/mol. The maximum absolute atomic E-state index is 13.3. The molecule has 0 spiro atoms. The molecule has 8 heteroatoms. The van der Waals surface area contributed by atoms with Crippen molar-refractivity contribution in [1.82, 2.24) is 24.5 Å². The van der Waals surface area contributed by atoms with Gasteiger partial charge in [-0.15, -0.1) is 10.2 Å². The summed E-state index contributed by atoms with van der Waals surface area (Å²) in [6, 6.07) is 8.09. The average Bonchev–Trinajstić information content (AvgIpc) is 3.43. The number of rotatable bonds is 5. The first-order chi connectivity index (χ1) is 14.7. The molecule has 2 aliphatic carbocycles. The van der Waals surface area contributed by atoms with Crippen molar-refractivity contribution in [2.45, 2.75) is 75.0 Å². The van der Waals surface area contributed by atoms with Crippen LogP contribution in [0, 0.1) is 0 Å². The summed E-state index contributed by atoms with van der Waals surface area (Å²) < 4.78 is 3.80. The van der Waals surface area contributed by atoms with Crippen LogP contribution < -0.4 is 10.9 Å². The summed E-state index contributed by atoms with van der Waals surface area (Å²) in [5.74, 6) is 0.923. The van der Waals surface area contributed by atoms with Gasteiger partial charge in [0.05, 0.1) is 16.7 Å². The Morgan fingerprint density at radius 2 is 1.77 bits per heavy atom. The second-order valence-corrected chi connectivity index (χ2v) is 9.38. The van der Waals surface area contributed by atoms with Crippen molar-refractivity contribution >= 4 is 34.3 Å². The van der Waals surface area contributed by atoms with Gasteiger partial charge in [0.2, 0.25) is 11.7 Å². The Hall–Kier alpha value is -2.35. The Bertz CT molecular complexity index is 1130. The molecule has 2 aliphatic rings. The number of hydrogen-bond acceptors (Lipinski definition) is 5. The van der Waals surface area contributed by atoms with E-state index in [0.717, 1.165) is 44.0 Å². The van der Waals surface area contributed by atoms with Crippen LogP contribution in [-0.2, 0) is 4.79 Å². The van der Waals surface area contributed by atoms with Crippen LogP contribution in [0.1, 0.15) is 63.8 Å². The molecule has 0 aliphatic heterocycles. The highest BCUT2D eigenvalue weighted by Crippen LogP contribution is 2.30. The minimum Gasteiger partial charge on any atom is -0.353 e. The van der Waals surface area contributed by atoms with Gasteiger partial charge in [0.1, 0.15) is 0 Å². The first-order valence-electron chi connectivity index (χ1n) is 11.0. The zero-order valence-corrected chi connectivity index (χ0v) is 17.9. The highest BCUT2D eigenvalue weighted by molar-refractivity contribution is 7.99. The topological polar surface area (TPSA) is 81.3 Å². The van der Waals surface area contributed by atoms with Gasteiger partial charge in [-0.25, -0.2) is 0 Å². The minimum atomic E-state index is 0.00734. The van der Waals surface area contributed by atoms with E-state index in [1.807, 2.05) is 33.2 Å². The van der Waals surface area contributed by atoms with Gasteiger partial charge in [0.15, 0.2) is 5.16 Å². The van der Waals surface area contributed by atoms with Gasteiger partial charge in [0.25, 0.3) is 5.56 Å². The highest BCUT2D eigenvalue weighted by Gasteiger charge is 2.24. The average molecular weight is 426 g/mol. The first-order valence-corrected chi connectivity index (χ1v) is 12.0. The standard InChI is InChI=1S/C22H27N5O2S/c28-19(23-15-8-4-5-9-15)14-30-22-25-24-21-26(16-10-2-1-3-11-16)20(29)17-12-6-7-13-18(17)27(21)22/h6-7,12-13,15-16H,1-5,8-11,14H2,(H,23,28). The number of nitrogens with one attached hydrogen (secondary N) is 1. The van der Waals surface area contributed by atoms with E-state index in [2.05, 4.69) is 15.5 Å². The predicted octanol–water partition coefficient (Wildman–Crippen LogP) is 3.70. The van der Waals surface area contributed by atoms with Crippen LogP contribution in [0.2, 0.25) is 0 Å². The smallest absolute Gasteiger partial charge is 0.263 e. The Labute approximate surface area is 179 Å². The molecule has 7 nitrogen and oxygen atoms in total. The first kappa shape index (κ1) is 19.6. The number of nitrogens with zero attached hydrogens (tertiary/aromatic N) is 4. The van der Waals surface area contributed by atoms with Gasteiger partial charge in [0, 0.05) is 12.1 Å². The summed E-state index contributed by atoms with van der Waals surface area (Å²) in [7, 11) is 0. The number of benzene rings is 1. The number of para-hydroxylation sites is 1. The van der Waals surface area contributed by atoms with E-state index in [-0.39, 0.29) is 17.5 Å². The third kappa shape index (κ3) is 3.62. The molecular weight excluding hydrogens is 398 g/mol. The van der Waals surface area contributed by atoms with Crippen LogP contribution >= 0.6 is 11.8 Å². The summed E-state index contributed by atoms with van der Waals surface area (Å²) >= 11 is 1.39. The largest absolute Gasteiger partial charge is 0.353 e. The van der Waals surface area contributed by atoms with E-state index in [4.69, 9.17) is 0 Å². The van der Waals surface area contributed by atoms with Crippen molar-refractivity contribution in [2.24, 2.45) is 0 Å². The minimum absolute atomic E-state index is 0.00734. The number of amides is 1. The molecule has 2 aromatic heterocycles. The van der Waals surface area contributed by atoms with Crippen LogP contribution in [0.5, 0.6) is 0 Å². The van der Waals surface area contributed by atoms with Crippen molar-refractivity contribution < 1.29 is 4.79 Å². The third-order valence-electron chi connectivity index (χ3n) is 6.42. The molecule has 2 saturated carbocycles. The maximum Gasteiger partial charge on any atom is 0.263 e. The predicted molar refractivity (Wildman–Crippen MR) is 118 cm³/mol. The maximum atomic E-state index is 13.3. The van der Waals surface area contributed by atoms with E-state index >= 15 is 0 Å². The lowest BCUT2D eigenvalue weighted by Crippen LogP contribution is -2.33. The fourth-order valence-electron chi connectivity index (χ4n) is 4.93. The van der Waals surface area contributed by atoms with Gasteiger partial charge in [-0.1, -0.05) is 56.0 Å². The molecular formula is C22H27N5O2S. The lowest BCUT2D eigenvalue weighted by molar-refractivity contribution is -0.119. The molecule has 158 valence electrons. The van der Waals surface area contributed by atoms with Crippen molar-refractivity contribution in [1.29, 1.82) is 0 Å². The SMILES string of the molecule is O=C(CSc1nnc2n(C3CCCCC3)c(=O)c3ccccc3n12)NC1CCCC1. The number of fused-ring (bicyclic) bond motifs is 3. The van der Waals surface area contributed by atoms with Crippen LogP contribution in [0.15, 0.2) is 34.2 Å². The third-order valence-corrected chi connectivity index (χ3v) is 7.35. The van der Waals surface area contributed by atoms with Crippen molar-refractivity contribution in [3.8, 4) is 0 Å². The zero-order valence-electron chi connectivity index (χ0n) is 17.0. The van der Waals surface area contributed by atoms with Crippen LogP contribution in [0.25, 0.3) is 16.7 Å². The number of carbonyl (C=O) groups is 1. The zero-order chi connectivity index (χ0) is 20.5. The highest BCUT2D eigenvalue weighted by atomic mass is 32.2. The Morgan fingerprint density at radius 1 is 1.03 bits per heavy atom. The molecule has 0 unspecified atom stereocenters. The van der Waals surface area contributed by atoms with Crippen LogP contribution in [0.4, 0.5) is 0 Å². The van der Waals surface area contributed by atoms with Crippen LogP contribution in [-0.4, -0.2) is 36.9 Å². The number of aromatic nitrogens is 4. The fraction of sp³-hybridized carbons (Fsp3) is 0.545. The van der Waals surface area contributed by atoms with Crippen molar-refractivity contribution in [3.05, 3.63) is 34.6 Å². The molecule has 1 amide bonds. The molecule has 0 atom stereocenters. The van der Waals surface area contributed by atoms with E-state index in [0.29, 0.717) is 28.1 Å². The molecule has 1 N–H and O–H groups in total. The normalized spacial score (nSPS) is 18.4. The Kier molecular flexibility index (Phi) is 5.50. The Morgan fingerprint density at radius 3 is 2.57 bits per heavy atom. The van der Waals surface area contributed by atoms with Gasteiger partial charge in [-0.05, 0) is 37.8 Å². The molecule has 2 fully saturated rings. The fourth-order valence-corrected chi connectivity index (χ4v) is 5.68. The van der Waals surface area contributed by atoms with Gasteiger partial charge in [-0.3, -0.25) is 18.6 Å². The quantitative estimate of drug-likeness (QED) is 0.631. The summed E-state index contributed by atoms with van der Waals surface area (Å²) in [4.78, 5) is 25.7. The summed E-state index contributed by atoms with van der Waals surface area (Å²) in [6.07, 6.45) is 10.00. The number of carbonyl (C=O) groups excluding carboxylic acids is 1. The van der Waals surface area contributed by atoms with E-state index in [1.165, 1.54) is 31.0 Å². The summed E-state index contributed by atoms with van der Waals surface area (Å²) in [5, 5.41) is 13.3. The molecule has 3 aromatic rings. The van der Waals surface area contributed by atoms with Gasteiger partial charge < -0.3 is 5.32 Å². The molecule has 30 heavy (non-hydrogen) atoms. The van der Waals surface area contributed by atoms with E-state index < -0.39 is 0 Å². The molecule has 0 saturated heterocycles. The van der Waals surface area contributed by atoms with Crippen LogP contribution in [0.3, 0.4) is 0 Å². The molecule has 1 aromatic carbocycles. The van der Waals surface area contributed by atoms with E-state index in [1.54, 1.807) is 0 Å². The van der Waals surface area contributed by atoms with Gasteiger partial charge in [-0.2, -0.15) is 0 Å². The lowest BCUT2D eigenvalue weighted by atomic mass is 9.95. The van der Waals surface area contributed by atoms with Gasteiger partial charge >= 0.3 is 0 Å². The molecule has 0 radical (unpaired) electrons. The summed E-state index contributed by atoms with van der Waals surface area (Å²) in [6.45, 7) is 0. The lowest BCUT2D eigenvalue weighted by Gasteiger charge is -2.24. The second kappa shape index (κ2) is 8.41. The number of thioether (sulfide) groups is 1.